The second-order valence-electron chi connectivity index (χ2n) is 4.17. The zero-order valence-corrected chi connectivity index (χ0v) is 11.6. The van der Waals surface area contributed by atoms with Gasteiger partial charge in [-0.25, -0.2) is 9.48 Å². The summed E-state index contributed by atoms with van der Waals surface area (Å²) in [5.74, 6) is -0.609. The first-order chi connectivity index (χ1) is 9.46. The molecule has 112 valence electrons. The first-order valence-electron chi connectivity index (χ1n) is 6.13. The highest BCUT2D eigenvalue weighted by Gasteiger charge is 2.29. The number of aryl methyl sites for hydroxylation is 2. The highest BCUT2D eigenvalue weighted by Crippen LogP contribution is 2.29. The molecule has 1 aromatic rings. The van der Waals surface area contributed by atoms with E-state index in [0.717, 1.165) is 6.42 Å². The summed E-state index contributed by atoms with van der Waals surface area (Å²) in [6.45, 7) is 3.33. The van der Waals surface area contributed by atoms with E-state index in [0.29, 0.717) is 6.54 Å². The maximum atomic E-state index is 11.5. The van der Waals surface area contributed by atoms with Crippen LogP contribution in [0.25, 0.3) is 0 Å². The summed E-state index contributed by atoms with van der Waals surface area (Å²) in [5, 5.41) is 27.0. The second-order valence-corrected chi connectivity index (χ2v) is 4.17. The van der Waals surface area contributed by atoms with E-state index in [1.165, 1.54) is 18.7 Å². The molecule has 0 aliphatic carbocycles. The Morgan fingerprint density at radius 1 is 1.65 bits per heavy atom. The van der Waals surface area contributed by atoms with Crippen LogP contribution in [0, 0.1) is 17.0 Å². The van der Waals surface area contributed by atoms with Gasteiger partial charge in [0.2, 0.25) is 5.82 Å². The molecular formula is C11H18N4O5. The van der Waals surface area contributed by atoms with Crippen molar-refractivity contribution in [2.45, 2.75) is 32.9 Å². The van der Waals surface area contributed by atoms with Crippen LogP contribution in [0.3, 0.4) is 0 Å². The van der Waals surface area contributed by atoms with Crippen molar-refractivity contribution in [1.82, 2.24) is 9.78 Å². The van der Waals surface area contributed by atoms with Gasteiger partial charge in [0.25, 0.3) is 0 Å². The van der Waals surface area contributed by atoms with Gasteiger partial charge in [-0.15, -0.1) is 0 Å². The predicted molar refractivity (Wildman–Crippen MR) is 70.4 cm³/mol. The average Bonchev–Trinajstić information content (AvgIpc) is 2.71. The van der Waals surface area contributed by atoms with Gasteiger partial charge in [-0.1, -0.05) is 6.92 Å². The van der Waals surface area contributed by atoms with Crippen LogP contribution in [0.1, 0.15) is 19.0 Å². The number of carbonyl (C=O) groups is 1. The number of nitrogens with zero attached hydrogens (tertiary/aromatic N) is 3. The van der Waals surface area contributed by atoms with Gasteiger partial charge >= 0.3 is 11.7 Å². The fraction of sp³-hybridized carbons (Fsp3) is 0.636. The minimum absolute atomic E-state index is 0.0961. The summed E-state index contributed by atoms with van der Waals surface area (Å²) in [6.07, 6.45) is 0.717. The largest absolute Gasteiger partial charge is 0.467 e. The Labute approximate surface area is 115 Å². The van der Waals surface area contributed by atoms with E-state index in [1.807, 2.05) is 6.92 Å². The normalized spacial score (nSPS) is 12.0. The Morgan fingerprint density at radius 3 is 2.75 bits per heavy atom. The van der Waals surface area contributed by atoms with E-state index >= 15 is 0 Å². The van der Waals surface area contributed by atoms with Crippen LogP contribution in [0.4, 0.5) is 11.5 Å². The number of aliphatic hydroxyl groups is 1. The molecule has 1 aromatic heterocycles. The van der Waals surface area contributed by atoms with Crippen molar-refractivity contribution in [1.29, 1.82) is 0 Å². The molecule has 0 radical (unpaired) electrons. The number of nitrogens with one attached hydrogen (secondary N) is 1. The number of methoxy groups -OCH3 is 1. The molecule has 20 heavy (non-hydrogen) atoms. The first-order valence-corrected chi connectivity index (χ1v) is 6.13. The molecule has 0 aromatic carbocycles. The van der Waals surface area contributed by atoms with Gasteiger partial charge in [0.15, 0.2) is 0 Å². The Balaban J connectivity index is 3.19. The van der Waals surface area contributed by atoms with Gasteiger partial charge in [-0.05, 0) is 13.3 Å². The van der Waals surface area contributed by atoms with E-state index in [9.17, 15) is 20.0 Å². The van der Waals surface area contributed by atoms with Gasteiger partial charge < -0.3 is 15.2 Å². The summed E-state index contributed by atoms with van der Waals surface area (Å²) in [6, 6.07) is -1.08. The van der Waals surface area contributed by atoms with Crippen LogP contribution in [0.2, 0.25) is 0 Å². The first kappa shape index (κ1) is 15.9. The fourth-order valence-corrected chi connectivity index (χ4v) is 1.79. The molecule has 1 heterocycles. The van der Waals surface area contributed by atoms with Gasteiger partial charge in [-0.2, -0.15) is 5.10 Å². The van der Waals surface area contributed by atoms with Crippen LogP contribution in [0.15, 0.2) is 0 Å². The summed E-state index contributed by atoms with van der Waals surface area (Å²) >= 11 is 0. The van der Waals surface area contributed by atoms with Crippen LogP contribution < -0.4 is 5.32 Å². The lowest BCUT2D eigenvalue weighted by Gasteiger charge is -2.15. The van der Waals surface area contributed by atoms with Crippen LogP contribution >= 0.6 is 0 Å². The Kier molecular flexibility index (Phi) is 5.44. The zero-order valence-electron chi connectivity index (χ0n) is 11.6. The Bertz CT molecular complexity index is 499. The molecule has 0 aliphatic heterocycles. The predicted octanol–water partition coefficient (Wildman–Crippen LogP) is 0.456. The highest BCUT2D eigenvalue weighted by molar-refractivity contribution is 5.80. The number of esters is 1. The van der Waals surface area contributed by atoms with Crippen LogP contribution in [-0.2, 0) is 16.1 Å². The van der Waals surface area contributed by atoms with Crippen molar-refractivity contribution < 1.29 is 19.6 Å². The quantitative estimate of drug-likeness (QED) is 0.424. The molecule has 9 heteroatoms. The van der Waals surface area contributed by atoms with Crippen molar-refractivity contribution in [3.63, 3.8) is 0 Å². The third kappa shape index (κ3) is 3.23. The Hall–Kier alpha value is -2.16. The fourth-order valence-electron chi connectivity index (χ4n) is 1.79. The van der Waals surface area contributed by atoms with E-state index in [2.05, 4.69) is 15.2 Å². The molecule has 1 atom stereocenters. The molecule has 0 spiro atoms. The number of aliphatic hydroxyl groups excluding tert-OH is 1. The van der Waals surface area contributed by atoms with Crippen molar-refractivity contribution in [3.8, 4) is 0 Å². The SMILES string of the molecule is CCCn1nc(C)c([N+](=O)[O-])c1NC(CO)C(=O)OC. The van der Waals surface area contributed by atoms with Gasteiger partial charge in [0.1, 0.15) is 11.7 Å². The number of carbonyl (C=O) groups excluding carboxylic acids is 1. The zero-order chi connectivity index (χ0) is 15.3. The summed E-state index contributed by atoms with van der Waals surface area (Å²) in [4.78, 5) is 22.0. The lowest BCUT2D eigenvalue weighted by molar-refractivity contribution is -0.384. The molecule has 0 aliphatic rings. The molecule has 0 bridgehead atoms. The minimum atomic E-state index is -1.08. The molecule has 0 saturated carbocycles. The van der Waals surface area contributed by atoms with E-state index < -0.39 is 23.5 Å². The van der Waals surface area contributed by atoms with E-state index in [-0.39, 0.29) is 17.2 Å². The van der Waals surface area contributed by atoms with E-state index in [1.54, 1.807) is 0 Å². The number of aromatic nitrogens is 2. The summed E-state index contributed by atoms with van der Waals surface area (Å²) in [5.41, 5.74) is 0.0355. The van der Waals surface area contributed by atoms with E-state index in [4.69, 9.17) is 0 Å². The maximum Gasteiger partial charge on any atom is 0.333 e. The topological polar surface area (TPSA) is 120 Å². The molecule has 2 N–H and O–H groups in total. The molecule has 0 fully saturated rings. The molecule has 0 saturated heterocycles. The number of hydrogen-bond donors (Lipinski definition) is 2. The summed E-state index contributed by atoms with van der Waals surface area (Å²) in [7, 11) is 1.18. The van der Waals surface area contributed by atoms with Crippen LogP contribution in [-0.4, -0.2) is 45.5 Å². The van der Waals surface area contributed by atoms with Gasteiger partial charge in [0, 0.05) is 6.54 Å². The lowest BCUT2D eigenvalue weighted by Crippen LogP contribution is -2.35. The number of nitro groups is 1. The average molecular weight is 286 g/mol. The standard InChI is InChI=1S/C11H18N4O5/c1-4-5-14-10(9(15(18)19)7(2)13-14)12-8(6-16)11(17)20-3/h8,12,16H,4-6H2,1-3H3. The van der Waals surface area contributed by atoms with Crippen molar-refractivity contribution in [3.05, 3.63) is 15.8 Å². The third-order valence-corrected chi connectivity index (χ3v) is 2.69. The van der Waals surface area contributed by atoms with Crippen molar-refractivity contribution in [2.75, 3.05) is 19.0 Å². The van der Waals surface area contributed by atoms with Crippen LogP contribution in [0.5, 0.6) is 0 Å². The second kappa shape index (κ2) is 6.85. The highest BCUT2D eigenvalue weighted by atomic mass is 16.6. The number of hydrogen-bond acceptors (Lipinski definition) is 7. The monoisotopic (exact) mass is 286 g/mol. The van der Waals surface area contributed by atoms with Gasteiger partial charge in [-0.3, -0.25) is 10.1 Å². The lowest BCUT2D eigenvalue weighted by atomic mass is 10.3. The number of anilines is 1. The minimum Gasteiger partial charge on any atom is -0.467 e. The Morgan fingerprint density at radius 2 is 2.30 bits per heavy atom. The molecule has 1 rings (SSSR count). The molecule has 1 unspecified atom stereocenters. The third-order valence-electron chi connectivity index (χ3n) is 2.69. The van der Waals surface area contributed by atoms with Gasteiger partial charge in [0.05, 0.1) is 18.6 Å². The summed E-state index contributed by atoms with van der Waals surface area (Å²) < 4.78 is 5.94. The van der Waals surface area contributed by atoms with Crippen molar-refractivity contribution >= 4 is 17.5 Å². The molecule has 0 amide bonds. The number of ether oxygens (including phenoxy) is 1. The maximum absolute atomic E-state index is 11.5. The van der Waals surface area contributed by atoms with Crippen molar-refractivity contribution in [2.24, 2.45) is 0 Å². The molecule has 9 nitrogen and oxygen atoms in total. The smallest absolute Gasteiger partial charge is 0.333 e. The number of rotatable bonds is 7. The molecular weight excluding hydrogens is 268 g/mol.